The van der Waals surface area contributed by atoms with Gasteiger partial charge in [0.05, 0.1) is 22.0 Å². The van der Waals surface area contributed by atoms with Gasteiger partial charge in [0.25, 0.3) is 0 Å². The van der Waals surface area contributed by atoms with Crippen molar-refractivity contribution in [3.8, 4) is 0 Å². The molecule has 0 amide bonds. The summed E-state index contributed by atoms with van der Waals surface area (Å²) in [5.74, 6) is -4.10. The van der Waals surface area contributed by atoms with Gasteiger partial charge in [0.15, 0.2) is 0 Å². The predicted octanol–water partition coefficient (Wildman–Crippen LogP) is 0.728. The summed E-state index contributed by atoms with van der Waals surface area (Å²) in [6.07, 6.45) is 0. The van der Waals surface area contributed by atoms with E-state index in [2.05, 4.69) is 5.32 Å². The SMILES string of the molecule is CC1=C(C(=O)[O-])C(c2cccc(Cl)c2Cl)C(C(=O)[O-])=C(C)N1. The summed E-state index contributed by atoms with van der Waals surface area (Å²) in [5, 5.41) is 26.0. The summed E-state index contributed by atoms with van der Waals surface area (Å²) in [7, 11) is 0. The third-order valence-corrected chi connectivity index (χ3v) is 4.33. The lowest BCUT2D eigenvalue weighted by atomic mass is 9.80. The lowest BCUT2D eigenvalue weighted by molar-refractivity contribution is -0.300. The largest absolute Gasteiger partial charge is 0.545 e. The Hall–Kier alpha value is -1.98. The van der Waals surface area contributed by atoms with Crippen LogP contribution in [0.4, 0.5) is 0 Å². The molecule has 0 atom stereocenters. The topological polar surface area (TPSA) is 92.3 Å². The number of carbonyl (C=O) groups excluding carboxylic acids is 2. The highest BCUT2D eigenvalue weighted by molar-refractivity contribution is 6.42. The maximum atomic E-state index is 11.5. The van der Waals surface area contributed by atoms with Gasteiger partial charge in [-0.3, -0.25) is 0 Å². The third kappa shape index (κ3) is 2.69. The molecule has 1 heterocycles. The van der Waals surface area contributed by atoms with Crippen LogP contribution < -0.4 is 15.5 Å². The highest BCUT2D eigenvalue weighted by atomic mass is 35.5. The standard InChI is InChI=1S/C15H13Cl2NO4/c1-6-10(14(19)20)12(11(15(21)22)7(2)18-6)8-4-3-5-9(16)13(8)17/h3-5,12,18H,1-2H3,(H,19,20)(H,21,22)/p-2. The lowest BCUT2D eigenvalue weighted by Gasteiger charge is -2.34. The maximum absolute atomic E-state index is 11.5. The first kappa shape index (κ1) is 16.4. The minimum absolute atomic E-state index is 0.0918. The fraction of sp³-hybridized carbons (Fsp3) is 0.200. The Morgan fingerprint density at radius 2 is 1.55 bits per heavy atom. The molecule has 0 spiro atoms. The van der Waals surface area contributed by atoms with Crippen LogP contribution in [0.25, 0.3) is 0 Å². The molecular weight excluding hydrogens is 329 g/mol. The van der Waals surface area contributed by atoms with E-state index in [9.17, 15) is 19.8 Å². The van der Waals surface area contributed by atoms with Gasteiger partial charge in [0.2, 0.25) is 0 Å². The molecular formula is C15H11Cl2NO4-2. The molecule has 2 rings (SSSR count). The van der Waals surface area contributed by atoms with Gasteiger partial charge in [-0.15, -0.1) is 0 Å². The van der Waals surface area contributed by atoms with Crippen molar-refractivity contribution >= 4 is 35.1 Å². The van der Waals surface area contributed by atoms with Gasteiger partial charge in [-0.05, 0) is 25.5 Å². The Bertz CT molecular complexity index is 701. The molecule has 116 valence electrons. The van der Waals surface area contributed by atoms with Crippen molar-refractivity contribution in [1.29, 1.82) is 0 Å². The van der Waals surface area contributed by atoms with Gasteiger partial charge in [0.1, 0.15) is 0 Å². The minimum Gasteiger partial charge on any atom is -0.545 e. The first-order valence-electron chi connectivity index (χ1n) is 6.30. The fourth-order valence-electron chi connectivity index (χ4n) is 2.59. The van der Waals surface area contributed by atoms with Crippen LogP contribution in [0, 0.1) is 0 Å². The number of hydrogen-bond donors (Lipinski definition) is 1. The summed E-state index contributed by atoms with van der Waals surface area (Å²) in [6, 6.07) is 4.62. The van der Waals surface area contributed by atoms with Crippen molar-refractivity contribution < 1.29 is 19.8 Å². The molecule has 7 heteroatoms. The lowest BCUT2D eigenvalue weighted by Crippen LogP contribution is -2.40. The van der Waals surface area contributed by atoms with E-state index in [-0.39, 0.29) is 38.1 Å². The fourth-order valence-corrected chi connectivity index (χ4v) is 3.01. The molecule has 0 bridgehead atoms. The van der Waals surface area contributed by atoms with E-state index in [1.807, 2.05) is 0 Å². The van der Waals surface area contributed by atoms with Crippen LogP contribution in [-0.4, -0.2) is 11.9 Å². The highest BCUT2D eigenvalue weighted by Crippen LogP contribution is 2.42. The Labute approximate surface area is 136 Å². The van der Waals surface area contributed by atoms with Crippen molar-refractivity contribution in [3.05, 3.63) is 56.3 Å². The van der Waals surface area contributed by atoms with Crippen LogP contribution in [-0.2, 0) is 9.59 Å². The van der Waals surface area contributed by atoms with Crippen molar-refractivity contribution in [2.75, 3.05) is 0 Å². The van der Waals surface area contributed by atoms with Crippen LogP contribution >= 0.6 is 23.2 Å². The van der Waals surface area contributed by atoms with Gasteiger partial charge in [-0.25, -0.2) is 0 Å². The maximum Gasteiger partial charge on any atom is 0.0701 e. The highest BCUT2D eigenvalue weighted by Gasteiger charge is 2.32. The van der Waals surface area contributed by atoms with Crippen LogP contribution in [0.2, 0.25) is 10.0 Å². The summed E-state index contributed by atoms with van der Waals surface area (Å²) in [5.41, 5.74) is 0.405. The van der Waals surface area contributed by atoms with E-state index in [1.165, 1.54) is 26.0 Å². The number of carboxylic acid groups (broad SMARTS) is 2. The molecule has 0 unspecified atom stereocenters. The number of rotatable bonds is 3. The Morgan fingerprint density at radius 1 is 1.05 bits per heavy atom. The zero-order valence-corrected chi connectivity index (χ0v) is 13.2. The third-order valence-electron chi connectivity index (χ3n) is 3.49. The predicted molar refractivity (Wildman–Crippen MR) is 77.8 cm³/mol. The van der Waals surface area contributed by atoms with Crippen LogP contribution in [0.1, 0.15) is 25.3 Å². The number of dihydropyridines is 1. The number of carboxylic acids is 2. The molecule has 0 saturated heterocycles. The number of allylic oxidation sites excluding steroid dienone is 2. The first-order valence-corrected chi connectivity index (χ1v) is 7.06. The molecule has 0 aliphatic carbocycles. The molecule has 0 aromatic heterocycles. The average Bonchev–Trinajstić information content (AvgIpc) is 2.39. The van der Waals surface area contributed by atoms with Gasteiger partial charge in [-0.2, -0.15) is 0 Å². The second-order valence-electron chi connectivity index (χ2n) is 4.85. The molecule has 0 fully saturated rings. The number of aliphatic carboxylic acids is 2. The molecule has 0 radical (unpaired) electrons. The number of benzene rings is 1. The van der Waals surface area contributed by atoms with E-state index in [4.69, 9.17) is 23.2 Å². The van der Waals surface area contributed by atoms with Crippen LogP contribution in [0.5, 0.6) is 0 Å². The first-order chi connectivity index (χ1) is 10.3. The Balaban J connectivity index is 2.78. The van der Waals surface area contributed by atoms with E-state index in [1.54, 1.807) is 6.07 Å². The summed E-state index contributed by atoms with van der Waals surface area (Å²) in [6.45, 7) is 3.04. The molecule has 0 saturated carbocycles. The zero-order chi connectivity index (χ0) is 16.6. The van der Waals surface area contributed by atoms with Gasteiger partial charge in [0, 0.05) is 28.5 Å². The number of nitrogens with one attached hydrogen (secondary N) is 1. The van der Waals surface area contributed by atoms with E-state index < -0.39 is 17.9 Å². The molecule has 5 nitrogen and oxygen atoms in total. The van der Waals surface area contributed by atoms with E-state index in [0.717, 1.165) is 0 Å². The quantitative estimate of drug-likeness (QED) is 0.876. The van der Waals surface area contributed by atoms with Crippen molar-refractivity contribution in [2.45, 2.75) is 19.8 Å². The summed E-state index contributed by atoms with van der Waals surface area (Å²) >= 11 is 12.1. The molecule has 1 aliphatic heterocycles. The Kier molecular flexibility index (Phi) is 4.49. The summed E-state index contributed by atoms with van der Waals surface area (Å²) < 4.78 is 0. The smallest absolute Gasteiger partial charge is 0.0701 e. The molecule has 1 aliphatic rings. The number of hydrogen-bond acceptors (Lipinski definition) is 5. The van der Waals surface area contributed by atoms with Gasteiger partial charge < -0.3 is 25.1 Å². The van der Waals surface area contributed by atoms with Gasteiger partial charge >= 0.3 is 0 Å². The Morgan fingerprint density at radius 3 is 2.00 bits per heavy atom. The zero-order valence-electron chi connectivity index (χ0n) is 11.7. The van der Waals surface area contributed by atoms with E-state index in [0.29, 0.717) is 0 Å². The van der Waals surface area contributed by atoms with Crippen molar-refractivity contribution in [3.63, 3.8) is 0 Å². The van der Waals surface area contributed by atoms with Crippen LogP contribution in [0.3, 0.4) is 0 Å². The molecule has 1 aromatic carbocycles. The van der Waals surface area contributed by atoms with Gasteiger partial charge in [-0.1, -0.05) is 35.3 Å². The second kappa shape index (κ2) is 6.02. The molecule has 1 N–H and O–H groups in total. The van der Waals surface area contributed by atoms with Crippen molar-refractivity contribution in [1.82, 2.24) is 5.32 Å². The normalized spacial score (nSPS) is 15.8. The molecule has 22 heavy (non-hydrogen) atoms. The monoisotopic (exact) mass is 339 g/mol. The number of carbonyl (C=O) groups is 2. The number of halogens is 2. The second-order valence-corrected chi connectivity index (χ2v) is 5.64. The molecule has 1 aromatic rings. The average molecular weight is 340 g/mol. The minimum atomic E-state index is -1.49. The summed E-state index contributed by atoms with van der Waals surface area (Å²) in [4.78, 5) is 23.0. The van der Waals surface area contributed by atoms with Crippen LogP contribution in [0.15, 0.2) is 40.7 Å². The van der Waals surface area contributed by atoms with E-state index >= 15 is 0 Å². The van der Waals surface area contributed by atoms with Crippen molar-refractivity contribution in [2.24, 2.45) is 0 Å².